The van der Waals surface area contributed by atoms with Crippen LogP contribution in [-0.2, 0) is 0 Å². The van der Waals surface area contributed by atoms with Gasteiger partial charge in [-0.25, -0.2) is 0 Å². The Bertz CT molecular complexity index is 437. The fourth-order valence-corrected chi connectivity index (χ4v) is 3.05. The minimum Gasteiger partial charge on any atom is -0.382 e. The quantitative estimate of drug-likeness (QED) is 0.774. The zero-order valence-corrected chi connectivity index (χ0v) is 12.3. The SMILES string of the molecule is Cc1cc(Br)ccc1NC1CCC(C(F)(F)F)CC1. The molecular weight excluding hydrogens is 319 g/mol. The zero-order chi connectivity index (χ0) is 14.0. The predicted octanol–water partition coefficient (Wildman–Crippen LogP) is 5.29. The standard InChI is InChI=1S/C14H17BrF3N/c1-9-8-11(15)4-7-13(9)19-12-5-2-10(3-6-12)14(16,17)18/h4,7-8,10,12,19H,2-3,5-6H2,1H3. The first-order chi connectivity index (χ1) is 8.86. The maximum absolute atomic E-state index is 12.6. The minimum atomic E-state index is -4.03. The molecule has 0 heterocycles. The Balaban J connectivity index is 1.92. The molecule has 0 bridgehead atoms. The number of aryl methyl sites for hydroxylation is 1. The average Bonchev–Trinajstić information content (AvgIpc) is 2.32. The van der Waals surface area contributed by atoms with Crippen molar-refractivity contribution in [3.63, 3.8) is 0 Å². The number of nitrogens with one attached hydrogen (secondary N) is 1. The second kappa shape index (κ2) is 5.73. The molecule has 0 spiro atoms. The van der Waals surface area contributed by atoms with Gasteiger partial charge in [-0.1, -0.05) is 15.9 Å². The van der Waals surface area contributed by atoms with E-state index in [9.17, 15) is 13.2 Å². The Morgan fingerprint density at radius 2 is 1.79 bits per heavy atom. The zero-order valence-electron chi connectivity index (χ0n) is 10.7. The topological polar surface area (TPSA) is 12.0 Å². The molecule has 1 aromatic carbocycles. The Hall–Kier alpha value is -0.710. The molecule has 1 aromatic rings. The summed E-state index contributed by atoms with van der Waals surface area (Å²) < 4.78 is 38.7. The summed E-state index contributed by atoms with van der Waals surface area (Å²) in [4.78, 5) is 0. The van der Waals surface area contributed by atoms with Crippen LogP contribution in [0.25, 0.3) is 0 Å². The third-order valence-corrected chi connectivity index (χ3v) is 4.23. The van der Waals surface area contributed by atoms with E-state index < -0.39 is 12.1 Å². The smallest absolute Gasteiger partial charge is 0.382 e. The van der Waals surface area contributed by atoms with Crippen LogP contribution in [0, 0.1) is 12.8 Å². The molecule has 0 aromatic heterocycles. The van der Waals surface area contributed by atoms with Crippen molar-refractivity contribution in [1.29, 1.82) is 0 Å². The van der Waals surface area contributed by atoms with Gasteiger partial charge >= 0.3 is 6.18 Å². The van der Waals surface area contributed by atoms with Crippen molar-refractivity contribution in [2.45, 2.75) is 44.8 Å². The highest BCUT2D eigenvalue weighted by Gasteiger charge is 2.41. The van der Waals surface area contributed by atoms with Crippen LogP contribution in [0.1, 0.15) is 31.2 Å². The molecule has 0 atom stereocenters. The van der Waals surface area contributed by atoms with E-state index in [0.29, 0.717) is 12.8 Å². The molecule has 19 heavy (non-hydrogen) atoms. The number of hydrogen-bond donors (Lipinski definition) is 1. The van der Waals surface area contributed by atoms with Gasteiger partial charge in [0.05, 0.1) is 5.92 Å². The van der Waals surface area contributed by atoms with E-state index in [1.54, 1.807) is 0 Å². The maximum atomic E-state index is 12.6. The van der Waals surface area contributed by atoms with E-state index in [1.165, 1.54) is 0 Å². The van der Waals surface area contributed by atoms with E-state index in [-0.39, 0.29) is 18.9 Å². The largest absolute Gasteiger partial charge is 0.391 e. The van der Waals surface area contributed by atoms with Crippen LogP contribution >= 0.6 is 15.9 Å². The summed E-state index contributed by atoms with van der Waals surface area (Å²) in [7, 11) is 0. The first kappa shape index (κ1) is 14.7. The summed E-state index contributed by atoms with van der Waals surface area (Å²) in [5.41, 5.74) is 2.12. The molecule has 5 heteroatoms. The van der Waals surface area contributed by atoms with Crippen LogP contribution in [0.5, 0.6) is 0 Å². The monoisotopic (exact) mass is 335 g/mol. The number of anilines is 1. The Labute approximate surface area is 119 Å². The molecular formula is C14H17BrF3N. The minimum absolute atomic E-state index is 0.151. The number of alkyl halides is 3. The maximum Gasteiger partial charge on any atom is 0.391 e. The van der Waals surface area contributed by atoms with Gasteiger partial charge < -0.3 is 5.32 Å². The molecule has 1 saturated carbocycles. The van der Waals surface area contributed by atoms with Crippen LogP contribution in [-0.4, -0.2) is 12.2 Å². The third-order valence-electron chi connectivity index (χ3n) is 3.74. The lowest BCUT2D eigenvalue weighted by Gasteiger charge is -2.31. The first-order valence-corrected chi connectivity index (χ1v) is 7.25. The number of hydrogen-bond acceptors (Lipinski definition) is 1. The molecule has 0 radical (unpaired) electrons. The lowest BCUT2D eigenvalue weighted by atomic mass is 9.85. The van der Waals surface area contributed by atoms with Crippen molar-refractivity contribution in [3.8, 4) is 0 Å². The van der Waals surface area contributed by atoms with Crippen LogP contribution in [0.15, 0.2) is 22.7 Å². The highest BCUT2D eigenvalue weighted by atomic mass is 79.9. The molecule has 1 aliphatic carbocycles. The molecule has 0 aliphatic heterocycles. The van der Waals surface area contributed by atoms with Gasteiger partial charge in [0, 0.05) is 16.2 Å². The fraction of sp³-hybridized carbons (Fsp3) is 0.571. The molecule has 1 nitrogen and oxygen atoms in total. The van der Waals surface area contributed by atoms with Gasteiger partial charge in [-0.15, -0.1) is 0 Å². The molecule has 1 fully saturated rings. The van der Waals surface area contributed by atoms with Crippen LogP contribution < -0.4 is 5.32 Å². The summed E-state index contributed by atoms with van der Waals surface area (Å²) >= 11 is 3.40. The van der Waals surface area contributed by atoms with E-state index in [2.05, 4.69) is 21.2 Å². The predicted molar refractivity (Wildman–Crippen MR) is 74.3 cm³/mol. The molecule has 2 rings (SSSR count). The van der Waals surface area contributed by atoms with E-state index in [1.807, 2.05) is 25.1 Å². The van der Waals surface area contributed by atoms with Gasteiger partial charge in [-0.05, 0) is 56.4 Å². The van der Waals surface area contributed by atoms with Gasteiger partial charge in [0.1, 0.15) is 0 Å². The van der Waals surface area contributed by atoms with Crippen LogP contribution in [0.3, 0.4) is 0 Å². The van der Waals surface area contributed by atoms with Gasteiger partial charge in [-0.3, -0.25) is 0 Å². The highest BCUT2D eigenvalue weighted by molar-refractivity contribution is 9.10. The lowest BCUT2D eigenvalue weighted by molar-refractivity contribution is -0.182. The second-order valence-corrected chi connectivity index (χ2v) is 6.11. The van der Waals surface area contributed by atoms with Gasteiger partial charge in [0.25, 0.3) is 0 Å². The second-order valence-electron chi connectivity index (χ2n) is 5.19. The van der Waals surface area contributed by atoms with Crippen molar-refractivity contribution in [3.05, 3.63) is 28.2 Å². The summed E-state index contributed by atoms with van der Waals surface area (Å²) in [6.45, 7) is 1.99. The first-order valence-electron chi connectivity index (χ1n) is 6.45. The van der Waals surface area contributed by atoms with Crippen molar-refractivity contribution in [2.24, 2.45) is 5.92 Å². The van der Waals surface area contributed by atoms with Gasteiger partial charge in [-0.2, -0.15) is 13.2 Å². The summed E-state index contributed by atoms with van der Waals surface area (Å²) in [5, 5.41) is 3.36. The van der Waals surface area contributed by atoms with Gasteiger partial charge in [0.2, 0.25) is 0 Å². The van der Waals surface area contributed by atoms with E-state index >= 15 is 0 Å². The average molecular weight is 336 g/mol. The van der Waals surface area contributed by atoms with E-state index in [4.69, 9.17) is 0 Å². The molecule has 1 N–H and O–H groups in total. The Morgan fingerprint density at radius 1 is 1.16 bits per heavy atom. The van der Waals surface area contributed by atoms with Crippen molar-refractivity contribution < 1.29 is 13.2 Å². The van der Waals surface area contributed by atoms with Crippen LogP contribution in [0.2, 0.25) is 0 Å². The third kappa shape index (κ3) is 3.88. The van der Waals surface area contributed by atoms with E-state index in [0.717, 1.165) is 15.7 Å². The number of rotatable bonds is 2. The fourth-order valence-electron chi connectivity index (χ4n) is 2.57. The Morgan fingerprint density at radius 3 is 2.32 bits per heavy atom. The van der Waals surface area contributed by atoms with Crippen molar-refractivity contribution in [1.82, 2.24) is 0 Å². The van der Waals surface area contributed by atoms with Crippen LogP contribution in [0.4, 0.5) is 18.9 Å². The molecule has 0 saturated heterocycles. The summed E-state index contributed by atoms with van der Waals surface area (Å²) in [5.74, 6) is -1.11. The molecule has 1 aliphatic rings. The lowest BCUT2D eigenvalue weighted by Crippen LogP contribution is -2.32. The summed E-state index contributed by atoms with van der Waals surface area (Å²) in [6, 6.07) is 6.06. The normalized spacial score (nSPS) is 24.3. The van der Waals surface area contributed by atoms with Crippen molar-refractivity contribution in [2.75, 3.05) is 5.32 Å². The molecule has 106 valence electrons. The summed E-state index contributed by atoms with van der Waals surface area (Å²) in [6.07, 6.45) is -2.40. The number of benzene rings is 1. The highest BCUT2D eigenvalue weighted by Crippen LogP contribution is 2.38. The number of halogens is 4. The molecule has 0 amide bonds. The van der Waals surface area contributed by atoms with Gasteiger partial charge in [0.15, 0.2) is 0 Å². The Kier molecular flexibility index (Phi) is 4.43. The van der Waals surface area contributed by atoms with Crippen molar-refractivity contribution >= 4 is 21.6 Å². The molecule has 0 unspecified atom stereocenters.